The minimum absolute atomic E-state index is 0.329. The molecule has 0 atom stereocenters. The number of hydrogen-bond acceptors (Lipinski definition) is 5. The molecular weight excluding hydrogens is 296 g/mol. The molecule has 1 aliphatic carbocycles. The van der Waals surface area contributed by atoms with E-state index in [0.29, 0.717) is 29.8 Å². The van der Waals surface area contributed by atoms with Gasteiger partial charge in [0.2, 0.25) is 10.0 Å². The third kappa shape index (κ3) is 5.14. The van der Waals surface area contributed by atoms with Crippen molar-refractivity contribution >= 4 is 21.4 Å². The van der Waals surface area contributed by atoms with Gasteiger partial charge >= 0.3 is 0 Å². The zero-order chi connectivity index (χ0) is 14.4. The Hall–Kier alpha value is -0.470. The summed E-state index contributed by atoms with van der Waals surface area (Å²) >= 11 is 1.25. The van der Waals surface area contributed by atoms with Crippen molar-refractivity contribution < 1.29 is 13.2 Å². The molecule has 2 N–H and O–H groups in total. The first-order valence-corrected chi connectivity index (χ1v) is 9.33. The molecule has 0 saturated heterocycles. The van der Waals surface area contributed by atoms with E-state index in [1.165, 1.54) is 24.2 Å². The monoisotopic (exact) mass is 318 g/mol. The molecule has 0 spiro atoms. The Bertz CT molecular complexity index is 509. The molecule has 1 aromatic heterocycles. The van der Waals surface area contributed by atoms with Crippen molar-refractivity contribution in [3.05, 3.63) is 17.0 Å². The fraction of sp³-hybridized carbons (Fsp3) is 0.692. The van der Waals surface area contributed by atoms with Crippen LogP contribution in [-0.4, -0.2) is 34.7 Å². The van der Waals surface area contributed by atoms with Crippen LogP contribution in [0.4, 0.5) is 0 Å². The molecule has 0 radical (unpaired) electrons. The van der Waals surface area contributed by atoms with Crippen molar-refractivity contribution in [3.63, 3.8) is 0 Å². The van der Waals surface area contributed by atoms with Gasteiger partial charge < -0.3 is 10.1 Å². The van der Waals surface area contributed by atoms with Crippen molar-refractivity contribution in [1.82, 2.24) is 10.0 Å². The maximum Gasteiger partial charge on any atom is 0.250 e. The molecule has 0 aromatic carbocycles. The van der Waals surface area contributed by atoms with Crippen LogP contribution >= 0.6 is 11.3 Å². The Morgan fingerprint density at radius 2 is 2.25 bits per heavy atom. The molecule has 114 valence electrons. The molecule has 1 fully saturated rings. The quantitative estimate of drug-likeness (QED) is 0.643. The van der Waals surface area contributed by atoms with E-state index in [4.69, 9.17) is 4.74 Å². The van der Waals surface area contributed by atoms with Crippen LogP contribution in [-0.2, 0) is 21.3 Å². The van der Waals surface area contributed by atoms with Gasteiger partial charge in [0.25, 0.3) is 0 Å². The Morgan fingerprint density at radius 1 is 1.45 bits per heavy atom. The molecule has 1 aliphatic rings. The van der Waals surface area contributed by atoms with E-state index in [0.717, 1.165) is 18.7 Å². The summed E-state index contributed by atoms with van der Waals surface area (Å²) in [6, 6.07) is 1.72. The molecule has 1 aromatic rings. The van der Waals surface area contributed by atoms with Gasteiger partial charge in [0.1, 0.15) is 4.21 Å². The summed E-state index contributed by atoms with van der Waals surface area (Å²) in [6.07, 6.45) is 2.49. The third-order valence-electron chi connectivity index (χ3n) is 3.06. The van der Waals surface area contributed by atoms with E-state index in [1.54, 1.807) is 6.07 Å². The van der Waals surface area contributed by atoms with E-state index >= 15 is 0 Å². The average Bonchev–Trinajstić information content (AvgIpc) is 3.11. The zero-order valence-corrected chi connectivity index (χ0v) is 13.4. The van der Waals surface area contributed by atoms with Gasteiger partial charge in [0, 0.05) is 19.7 Å². The number of hydrogen-bond donors (Lipinski definition) is 2. The number of ether oxygens (including phenoxy) is 1. The van der Waals surface area contributed by atoms with E-state index in [1.807, 2.05) is 12.3 Å². The summed E-state index contributed by atoms with van der Waals surface area (Å²) in [6.45, 7) is 5.11. The molecule has 7 heteroatoms. The van der Waals surface area contributed by atoms with Gasteiger partial charge in [0.15, 0.2) is 0 Å². The lowest BCUT2D eigenvalue weighted by atomic mass is 10.3. The lowest BCUT2D eigenvalue weighted by Gasteiger charge is -2.05. The molecule has 1 heterocycles. The van der Waals surface area contributed by atoms with Crippen molar-refractivity contribution in [1.29, 1.82) is 0 Å². The highest BCUT2D eigenvalue weighted by Gasteiger charge is 2.21. The molecule has 1 saturated carbocycles. The van der Waals surface area contributed by atoms with Crippen molar-refractivity contribution in [3.8, 4) is 0 Å². The second-order valence-electron chi connectivity index (χ2n) is 4.97. The number of sulfonamides is 1. The number of nitrogens with one attached hydrogen (secondary N) is 2. The van der Waals surface area contributed by atoms with Crippen molar-refractivity contribution in [2.24, 2.45) is 5.92 Å². The summed E-state index contributed by atoms with van der Waals surface area (Å²) in [5.41, 5.74) is 1.00. The molecule has 20 heavy (non-hydrogen) atoms. The lowest BCUT2D eigenvalue weighted by Crippen LogP contribution is -2.27. The molecular formula is C13H22N2O3S2. The summed E-state index contributed by atoms with van der Waals surface area (Å²) in [5.74, 6) is 0.706. The maximum absolute atomic E-state index is 12.1. The minimum Gasteiger partial charge on any atom is -0.380 e. The van der Waals surface area contributed by atoms with Crippen molar-refractivity contribution in [2.75, 3.05) is 26.3 Å². The normalized spacial score (nSPS) is 15.7. The van der Waals surface area contributed by atoms with Crippen LogP contribution in [0.3, 0.4) is 0 Å². The van der Waals surface area contributed by atoms with Gasteiger partial charge in [-0.1, -0.05) is 6.92 Å². The van der Waals surface area contributed by atoms with Crippen LogP contribution in [0.2, 0.25) is 0 Å². The first-order valence-electron chi connectivity index (χ1n) is 6.97. The fourth-order valence-corrected chi connectivity index (χ4v) is 3.98. The van der Waals surface area contributed by atoms with Gasteiger partial charge in [0.05, 0.1) is 6.61 Å². The minimum atomic E-state index is -3.39. The molecule has 0 unspecified atom stereocenters. The van der Waals surface area contributed by atoms with Gasteiger partial charge in [-0.15, -0.1) is 11.3 Å². The van der Waals surface area contributed by atoms with Gasteiger partial charge in [-0.25, -0.2) is 13.1 Å². The van der Waals surface area contributed by atoms with Gasteiger partial charge in [-0.05, 0) is 42.3 Å². The molecule has 0 aliphatic heterocycles. The predicted octanol–water partition coefficient (Wildman–Crippen LogP) is 1.56. The Morgan fingerprint density at radius 3 is 2.95 bits per heavy atom. The SMILES string of the molecule is CCNCc1csc(S(=O)(=O)NCCOCC2CC2)c1. The highest BCUT2D eigenvalue weighted by molar-refractivity contribution is 7.91. The molecule has 0 bridgehead atoms. The van der Waals surface area contributed by atoms with E-state index in [9.17, 15) is 8.42 Å². The molecule has 5 nitrogen and oxygen atoms in total. The maximum atomic E-state index is 12.1. The summed E-state index contributed by atoms with van der Waals surface area (Å²) in [4.78, 5) is 0. The second kappa shape index (κ2) is 7.51. The first kappa shape index (κ1) is 15.9. The topological polar surface area (TPSA) is 67.4 Å². The highest BCUT2D eigenvalue weighted by Crippen LogP contribution is 2.28. The zero-order valence-electron chi connectivity index (χ0n) is 11.7. The second-order valence-corrected chi connectivity index (χ2v) is 7.88. The van der Waals surface area contributed by atoms with Gasteiger partial charge in [-0.3, -0.25) is 0 Å². The number of thiophene rings is 1. The van der Waals surface area contributed by atoms with E-state index in [2.05, 4.69) is 10.0 Å². The predicted molar refractivity (Wildman–Crippen MR) is 80.4 cm³/mol. The Kier molecular flexibility index (Phi) is 5.98. The summed E-state index contributed by atoms with van der Waals surface area (Å²) in [7, 11) is -3.39. The van der Waals surface area contributed by atoms with Crippen LogP contribution in [0.25, 0.3) is 0 Å². The first-order chi connectivity index (χ1) is 9.62. The van der Waals surface area contributed by atoms with Crippen LogP contribution in [0.1, 0.15) is 25.3 Å². The third-order valence-corrected chi connectivity index (χ3v) is 6.01. The lowest BCUT2D eigenvalue weighted by molar-refractivity contribution is 0.129. The Labute approximate surface area is 124 Å². The van der Waals surface area contributed by atoms with Crippen LogP contribution in [0, 0.1) is 5.92 Å². The summed E-state index contributed by atoms with van der Waals surface area (Å²) < 4.78 is 32.5. The standard InChI is InChI=1S/C13H22N2O3S2/c1-2-14-8-12-7-13(19-10-12)20(16,17)15-5-6-18-9-11-3-4-11/h7,10-11,14-15H,2-6,8-9H2,1H3. The van der Waals surface area contributed by atoms with Gasteiger partial charge in [-0.2, -0.15) is 0 Å². The van der Waals surface area contributed by atoms with Crippen molar-refractivity contribution in [2.45, 2.75) is 30.5 Å². The molecule has 0 amide bonds. The van der Waals surface area contributed by atoms with Crippen LogP contribution in [0.5, 0.6) is 0 Å². The number of rotatable bonds is 10. The Balaban J connectivity index is 1.74. The fourth-order valence-electron chi connectivity index (χ4n) is 1.71. The summed E-state index contributed by atoms with van der Waals surface area (Å²) in [5, 5.41) is 5.05. The van der Waals surface area contributed by atoms with Crippen LogP contribution in [0.15, 0.2) is 15.7 Å². The highest BCUT2D eigenvalue weighted by atomic mass is 32.2. The van der Waals surface area contributed by atoms with Crippen LogP contribution < -0.4 is 10.0 Å². The average molecular weight is 318 g/mol. The largest absolute Gasteiger partial charge is 0.380 e. The van der Waals surface area contributed by atoms with E-state index < -0.39 is 10.0 Å². The smallest absolute Gasteiger partial charge is 0.250 e. The van der Waals surface area contributed by atoms with E-state index in [-0.39, 0.29) is 0 Å². The molecule has 2 rings (SSSR count).